The molecule has 1 aliphatic heterocycles. The molecule has 2 heterocycles. The molecular weight excluding hydrogens is 395 g/mol. The number of methoxy groups -OCH3 is 1. The SMILES string of the molecule is COc1ccc(CCC(=O)N2CCC[C@@H]2c2nc(N)ncc2-c2cccc(F)c2)cc1. The van der Waals surface area contributed by atoms with Gasteiger partial charge in [-0.1, -0.05) is 24.3 Å². The number of aryl methyl sites for hydroxylation is 1. The predicted molar refractivity (Wildman–Crippen MR) is 117 cm³/mol. The van der Waals surface area contributed by atoms with E-state index in [-0.39, 0.29) is 23.7 Å². The molecule has 2 N–H and O–H groups in total. The number of carbonyl (C=O) groups is 1. The van der Waals surface area contributed by atoms with Gasteiger partial charge in [0.1, 0.15) is 11.6 Å². The summed E-state index contributed by atoms with van der Waals surface area (Å²) in [5.41, 5.74) is 9.00. The molecule has 1 atom stereocenters. The van der Waals surface area contributed by atoms with E-state index in [1.165, 1.54) is 12.1 Å². The molecule has 0 unspecified atom stereocenters. The van der Waals surface area contributed by atoms with Crippen molar-refractivity contribution in [2.45, 2.75) is 31.7 Å². The third-order valence-electron chi connectivity index (χ3n) is 5.65. The van der Waals surface area contributed by atoms with Crippen molar-refractivity contribution in [2.24, 2.45) is 0 Å². The summed E-state index contributed by atoms with van der Waals surface area (Å²) in [5, 5.41) is 0. The minimum Gasteiger partial charge on any atom is -0.497 e. The van der Waals surface area contributed by atoms with Gasteiger partial charge in [-0.25, -0.2) is 14.4 Å². The smallest absolute Gasteiger partial charge is 0.223 e. The molecule has 31 heavy (non-hydrogen) atoms. The van der Waals surface area contributed by atoms with E-state index in [0.29, 0.717) is 36.2 Å². The first-order valence-electron chi connectivity index (χ1n) is 10.4. The molecule has 0 radical (unpaired) electrons. The molecule has 1 amide bonds. The number of hydrogen-bond acceptors (Lipinski definition) is 5. The van der Waals surface area contributed by atoms with E-state index in [2.05, 4.69) is 9.97 Å². The number of aromatic nitrogens is 2. The van der Waals surface area contributed by atoms with Crippen LogP contribution in [-0.2, 0) is 11.2 Å². The van der Waals surface area contributed by atoms with Crippen LogP contribution in [0.2, 0.25) is 0 Å². The Hall–Kier alpha value is -3.48. The summed E-state index contributed by atoms with van der Waals surface area (Å²) in [4.78, 5) is 23.5. The monoisotopic (exact) mass is 420 g/mol. The van der Waals surface area contributed by atoms with Crippen LogP contribution >= 0.6 is 0 Å². The molecule has 0 bridgehead atoms. The Morgan fingerprint density at radius 2 is 2.06 bits per heavy atom. The van der Waals surface area contributed by atoms with Crippen LogP contribution in [0.1, 0.15) is 36.6 Å². The van der Waals surface area contributed by atoms with Crippen LogP contribution < -0.4 is 10.5 Å². The van der Waals surface area contributed by atoms with Crippen molar-refractivity contribution in [3.8, 4) is 16.9 Å². The minimum atomic E-state index is -0.334. The zero-order valence-electron chi connectivity index (χ0n) is 17.4. The number of nitrogens with two attached hydrogens (primary N) is 1. The summed E-state index contributed by atoms with van der Waals surface area (Å²) in [5.74, 6) is 0.674. The van der Waals surface area contributed by atoms with E-state index in [1.807, 2.05) is 35.2 Å². The second-order valence-corrected chi connectivity index (χ2v) is 7.63. The predicted octanol–water partition coefficient (Wildman–Crippen LogP) is 4.17. The van der Waals surface area contributed by atoms with Crippen LogP contribution in [0.25, 0.3) is 11.1 Å². The number of hydrogen-bond donors (Lipinski definition) is 1. The van der Waals surface area contributed by atoms with Gasteiger partial charge in [-0.15, -0.1) is 0 Å². The molecule has 1 aliphatic rings. The number of carbonyl (C=O) groups excluding carboxylic acids is 1. The van der Waals surface area contributed by atoms with Crippen LogP contribution in [0, 0.1) is 5.82 Å². The molecule has 0 saturated carbocycles. The Labute approximate surface area is 180 Å². The van der Waals surface area contributed by atoms with Crippen LogP contribution in [0.4, 0.5) is 10.3 Å². The number of ether oxygens (including phenoxy) is 1. The zero-order valence-corrected chi connectivity index (χ0v) is 17.4. The maximum absolute atomic E-state index is 13.8. The lowest BCUT2D eigenvalue weighted by molar-refractivity contribution is -0.132. The van der Waals surface area contributed by atoms with Gasteiger partial charge in [0, 0.05) is 24.7 Å². The third kappa shape index (κ3) is 4.66. The summed E-state index contributed by atoms with van der Waals surface area (Å²) in [6.45, 7) is 0.665. The van der Waals surface area contributed by atoms with Gasteiger partial charge in [-0.3, -0.25) is 4.79 Å². The fraction of sp³-hybridized carbons (Fsp3) is 0.292. The third-order valence-corrected chi connectivity index (χ3v) is 5.65. The molecule has 0 aliphatic carbocycles. The maximum atomic E-state index is 13.8. The number of rotatable bonds is 6. The number of likely N-dealkylation sites (tertiary alicyclic amines) is 1. The molecule has 0 spiro atoms. The van der Waals surface area contributed by atoms with Crippen molar-refractivity contribution < 1.29 is 13.9 Å². The number of halogens is 1. The second kappa shape index (κ2) is 9.12. The Bertz CT molecular complexity index is 1070. The van der Waals surface area contributed by atoms with E-state index >= 15 is 0 Å². The van der Waals surface area contributed by atoms with E-state index < -0.39 is 0 Å². The maximum Gasteiger partial charge on any atom is 0.223 e. The van der Waals surface area contributed by atoms with Gasteiger partial charge in [0.05, 0.1) is 18.8 Å². The van der Waals surface area contributed by atoms with Gasteiger partial charge >= 0.3 is 0 Å². The lowest BCUT2D eigenvalue weighted by Gasteiger charge is -2.26. The quantitative estimate of drug-likeness (QED) is 0.647. The first kappa shape index (κ1) is 20.8. The Balaban J connectivity index is 1.55. The first-order chi connectivity index (χ1) is 15.0. The molecule has 1 saturated heterocycles. The molecule has 7 heteroatoms. The number of benzene rings is 2. The molecule has 1 fully saturated rings. The summed E-state index contributed by atoms with van der Waals surface area (Å²) >= 11 is 0. The second-order valence-electron chi connectivity index (χ2n) is 7.63. The van der Waals surface area contributed by atoms with Gasteiger partial charge in [0.2, 0.25) is 11.9 Å². The average molecular weight is 420 g/mol. The first-order valence-corrected chi connectivity index (χ1v) is 10.4. The van der Waals surface area contributed by atoms with Crippen LogP contribution in [0.15, 0.2) is 54.7 Å². The fourth-order valence-electron chi connectivity index (χ4n) is 4.08. The molecular formula is C24H25FN4O2. The highest BCUT2D eigenvalue weighted by atomic mass is 19.1. The highest BCUT2D eigenvalue weighted by molar-refractivity contribution is 5.78. The van der Waals surface area contributed by atoms with E-state index in [4.69, 9.17) is 10.5 Å². The van der Waals surface area contributed by atoms with Crippen molar-refractivity contribution in [3.05, 3.63) is 71.8 Å². The highest BCUT2D eigenvalue weighted by Crippen LogP contribution is 2.37. The van der Waals surface area contributed by atoms with Gasteiger partial charge in [-0.05, 0) is 54.7 Å². The molecule has 3 aromatic rings. The normalized spacial score (nSPS) is 15.8. The van der Waals surface area contributed by atoms with Crippen molar-refractivity contribution in [3.63, 3.8) is 0 Å². The summed E-state index contributed by atoms with van der Waals surface area (Å²) in [6, 6.07) is 13.8. The van der Waals surface area contributed by atoms with Gasteiger partial charge in [0.15, 0.2) is 0 Å². The topological polar surface area (TPSA) is 81.3 Å². The average Bonchev–Trinajstić information content (AvgIpc) is 3.28. The standard InChI is InChI=1S/C24H25FN4O2/c1-31-19-10-7-16(8-11-19)9-12-22(30)29-13-3-6-21(29)23-20(15-27-24(26)28-23)17-4-2-5-18(25)14-17/h2,4-5,7-8,10-11,14-15,21H,3,6,9,12-13H2,1H3,(H2,26,27,28)/t21-/m1/s1. The van der Waals surface area contributed by atoms with Gasteiger partial charge in [0.25, 0.3) is 0 Å². The van der Waals surface area contributed by atoms with E-state index in [0.717, 1.165) is 24.2 Å². The highest BCUT2D eigenvalue weighted by Gasteiger charge is 2.32. The van der Waals surface area contributed by atoms with Crippen molar-refractivity contribution in [1.82, 2.24) is 14.9 Å². The minimum absolute atomic E-state index is 0.0701. The Morgan fingerprint density at radius 3 is 2.81 bits per heavy atom. The number of amides is 1. The number of nitrogen functional groups attached to an aromatic ring is 1. The lowest BCUT2D eigenvalue weighted by Crippen LogP contribution is -2.31. The molecule has 160 valence electrons. The van der Waals surface area contributed by atoms with Gasteiger partial charge in [-0.2, -0.15) is 0 Å². The van der Waals surface area contributed by atoms with E-state index in [1.54, 1.807) is 19.4 Å². The van der Waals surface area contributed by atoms with Crippen LogP contribution in [0.5, 0.6) is 5.75 Å². The number of anilines is 1. The molecule has 4 rings (SSSR count). The molecule has 1 aromatic heterocycles. The Kier molecular flexibility index (Phi) is 6.11. The number of nitrogens with zero attached hydrogens (tertiary/aromatic N) is 3. The van der Waals surface area contributed by atoms with Crippen LogP contribution in [0.3, 0.4) is 0 Å². The lowest BCUT2D eigenvalue weighted by atomic mass is 9.99. The summed E-state index contributed by atoms with van der Waals surface area (Å²) < 4.78 is 19.0. The van der Waals surface area contributed by atoms with Gasteiger partial charge < -0.3 is 15.4 Å². The van der Waals surface area contributed by atoms with Crippen molar-refractivity contribution in [2.75, 3.05) is 19.4 Å². The van der Waals surface area contributed by atoms with Crippen molar-refractivity contribution >= 4 is 11.9 Å². The largest absolute Gasteiger partial charge is 0.497 e. The summed E-state index contributed by atoms with van der Waals surface area (Å²) in [7, 11) is 1.63. The summed E-state index contributed by atoms with van der Waals surface area (Å²) in [6.07, 6.45) is 4.33. The molecule has 6 nitrogen and oxygen atoms in total. The zero-order chi connectivity index (χ0) is 21.8. The van der Waals surface area contributed by atoms with Crippen LogP contribution in [-0.4, -0.2) is 34.4 Å². The van der Waals surface area contributed by atoms with Crippen molar-refractivity contribution in [1.29, 1.82) is 0 Å². The van der Waals surface area contributed by atoms with E-state index in [9.17, 15) is 9.18 Å². The molecule has 2 aromatic carbocycles. The Morgan fingerprint density at radius 1 is 1.26 bits per heavy atom. The fourth-order valence-corrected chi connectivity index (χ4v) is 4.08.